The Balaban J connectivity index is 1.70. The lowest BCUT2D eigenvalue weighted by Gasteiger charge is -2.09. The molecule has 0 radical (unpaired) electrons. The molecule has 1 nitrogen and oxygen atoms in total. The number of nitrogens with zero attached hydrogens (tertiary/aromatic N) is 1. The van der Waals surface area contributed by atoms with E-state index in [1.807, 2.05) is 0 Å². The molecule has 0 saturated heterocycles. The van der Waals surface area contributed by atoms with Crippen LogP contribution >= 0.6 is 11.3 Å². The number of aromatic nitrogens is 1. The van der Waals surface area contributed by atoms with Crippen molar-refractivity contribution in [3.63, 3.8) is 0 Å². The molecule has 0 saturated carbocycles. The van der Waals surface area contributed by atoms with Gasteiger partial charge >= 0.3 is 0 Å². The average molecular weight is 349 g/mol. The lowest BCUT2D eigenvalue weighted by molar-refractivity contribution is 1.19. The van der Waals surface area contributed by atoms with Crippen molar-refractivity contribution in [1.82, 2.24) is 4.57 Å². The topological polar surface area (TPSA) is 4.93 Å². The van der Waals surface area contributed by atoms with Gasteiger partial charge in [0.2, 0.25) is 0 Å². The maximum absolute atomic E-state index is 2.38. The zero-order chi connectivity index (χ0) is 17.1. The van der Waals surface area contributed by atoms with Crippen LogP contribution in [0.15, 0.2) is 89.6 Å². The molecule has 122 valence electrons. The fourth-order valence-corrected chi connectivity index (χ4v) is 4.85. The summed E-state index contributed by atoms with van der Waals surface area (Å²) in [5, 5.41) is 12.3. The molecule has 0 bridgehead atoms. The second kappa shape index (κ2) is 5.20. The molecule has 26 heavy (non-hydrogen) atoms. The van der Waals surface area contributed by atoms with Crippen molar-refractivity contribution in [2.75, 3.05) is 0 Å². The average Bonchev–Trinajstić information content (AvgIpc) is 3.27. The second-order valence-electron chi connectivity index (χ2n) is 6.75. The molecule has 0 aliphatic heterocycles. The molecular formula is C24H15NS. The molecule has 4 aromatic carbocycles. The van der Waals surface area contributed by atoms with Gasteiger partial charge in [0.25, 0.3) is 0 Å². The fourth-order valence-electron chi connectivity index (χ4n) is 4.04. The van der Waals surface area contributed by atoms with Gasteiger partial charge in [-0.15, -0.1) is 11.3 Å². The minimum Gasteiger partial charge on any atom is -0.308 e. The van der Waals surface area contributed by atoms with E-state index in [0.717, 1.165) is 0 Å². The molecular weight excluding hydrogens is 334 g/mol. The summed E-state index contributed by atoms with van der Waals surface area (Å²) >= 11 is 1.77. The molecule has 0 spiro atoms. The largest absolute Gasteiger partial charge is 0.308 e. The van der Waals surface area contributed by atoms with E-state index in [9.17, 15) is 0 Å². The summed E-state index contributed by atoms with van der Waals surface area (Å²) in [6.07, 6.45) is 0. The van der Waals surface area contributed by atoms with Gasteiger partial charge in [-0.1, -0.05) is 48.5 Å². The van der Waals surface area contributed by atoms with Crippen molar-refractivity contribution in [3.05, 3.63) is 89.6 Å². The predicted molar refractivity (Wildman–Crippen MR) is 114 cm³/mol. The molecule has 0 aliphatic carbocycles. The number of benzene rings is 4. The van der Waals surface area contributed by atoms with Crippen LogP contribution in [0.3, 0.4) is 0 Å². The first-order valence-electron chi connectivity index (χ1n) is 8.77. The van der Waals surface area contributed by atoms with Crippen LogP contribution in [0.1, 0.15) is 0 Å². The van der Waals surface area contributed by atoms with Gasteiger partial charge in [0.1, 0.15) is 0 Å². The van der Waals surface area contributed by atoms with E-state index in [4.69, 9.17) is 0 Å². The molecule has 6 rings (SSSR count). The first kappa shape index (κ1) is 14.1. The van der Waals surface area contributed by atoms with Gasteiger partial charge in [-0.25, -0.2) is 0 Å². The predicted octanol–water partition coefficient (Wildman–Crippen LogP) is 7.15. The minimum atomic E-state index is 1.22. The third-order valence-corrected chi connectivity index (χ3v) is 6.00. The van der Waals surface area contributed by atoms with E-state index in [0.29, 0.717) is 0 Å². The molecule has 2 heteroatoms. The zero-order valence-corrected chi connectivity index (χ0v) is 14.8. The molecule has 0 fully saturated rings. The molecule has 2 aromatic heterocycles. The number of hydrogen-bond acceptors (Lipinski definition) is 1. The highest BCUT2D eigenvalue weighted by Gasteiger charge is 2.12. The van der Waals surface area contributed by atoms with Gasteiger partial charge in [-0.05, 0) is 51.9 Å². The Morgan fingerprint density at radius 3 is 2.15 bits per heavy atom. The SMILES string of the molecule is c1ccc2cc3cc(-n4c5ccccc5c5cscc54)ccc3cc2c1. The lowest BCUT2D eigenvalue weighted by atomic mass is 10.0. The monoisotopic (exact) mass is 349 g/mol. The lowest BCUT2D eigenvalue weighted by Crippen LogP contribution is -1.93. The van der Waals surface area contributed by atoms with Crippen LogP contribution in [0.4, 0.5) is 0 Å². The summed E-state index contributed by atoms with van der Waals surface area (Å²) in [5.41, 5.74) is 3.78. The van der Waals surface area contributed by atoms with E-state index in [1.165, 1.54) is 49.0 Å². The van der Waals surface area contributed by atoms with Crippen molar-refractivity contribution >= 4 is 54.7 Å². The number of thiophene rings is 1. The Bertz CT molecular complexity index is 1430. The van der Waals surface area contributed by atoms with E-state index in [-0.39, 0.29) is 0 Å². The Morgan fingerprint density at radius 1 is 0.538 bits per heavy atom. The van der Waals surface area contributed by atoms with Crippen LogP contribution in [-0.4, -0.2) is 4.57 Å². The minimum absolute atomic E-state index is 1.22. The summed E-state index contributed by atoms with van der Waals surface area (Å²) in [6, 6.07) is 28.6. The first-order valence-corrected chi connectivity index (χ1v) is 9.71. The van der Waals surface area contributed by atoms with Crippen LogP contribution in [0.5, 0.6) is 0 Å². The quantitative estimate of drug-likeness (QED) is 0.278. The van der Waals surface area contributed by atoms with Gasteiger partial charge in [0.05, 0.1) is 11.0 Å². The molecule has 0 N–H and O–H groups in total. The van der Waals surface area contributed by atoms with Crippen molar-refractivity contribution in [2.45, 2.75) is 0 Å². The third-order valence-electron chi connectivity index (χ3n) is 5.26. The summed E-state index contributed by atoms with van der Waals surface area (Å²) in [6.45, 7) is 0. The van der Waals surface area contributed by atoms with Gasteiger partial charge in [0.15, 0.2) is 0 Å². The molecule has 0 atom stereocenters. The number of fused-ring (bicyclic) bond motifs is 5. The fraction of sp³-hybridized carbons (Fsp3) is 0. The van der Waals surface area contributed by atoms with Crippen molar-refractivity contribution in [1.29, 1.82) is 0 Å². The molecule has 0 unspecified atom stereocenters. The van der Waals surface area contributed by atoms with E-state index < -0.39 is 0 Å². The smallest absolute Gasteiger partial charge is 0.0648 e. The maximum atomic E-state index is 2.38. The highest BCUT2D eigenvalue weighted by molar-refractivity contribution is 7.09. The van der Waals surface area contributed by atoms with Crippen molar-refractivity contribution < 1.29 is 0 Å². The first-order chi connectivity index (χ1) is 12.9. The van der Waals surface area contributed by atoms with Crippen LogP contribution in [-0.2, 0) is 0 Å². The Labute approximate surface area is 154 Å². The molecule has 0 amide bonds. The van der Waals surface area contributed by atoms with E-state index in [2.05, 4.69) is 94.2 Å². The molecule has 6 aromatic rings. The molecule has 0 aliphatic rings. The van der Waals surface area contributed by atoms with E-state index in [1.54, 1.807) is 11.3 Å². The molecule has 2 heterocycles. The highest BCUT2D eigenvalue weighted by atomic mass is 32.1. The second-order valence-corrected chi connectivity index (χ2v) is 7.50. The van der Waals surface area contributed by atoms with Crippen LogP contribution in [0, 0.1) is 0 Å². The van der Waals surface area contributed by atoms with Crippen molar-refractivity contribution in [2.24, 2.45) is 0 Å². The van der Waals surface area contributed by atoms with Crippen LogP contribution in [0.25, 0.3) is 49.0 Å². The van der Waals surface area contributed by atoms with Crippen LogP contribution < -0.4 is 0 Å². The standard InChI is InChI=1S/C24H15NS/c1-2-6-17-12-19-13-20(10-9-18(19)11-16(17)5-1)25-23-8-4-3-7-21(23)22-14-26-15-24(22)25/h1-15H. The summed E-state index contributed by atoms with van der Waals surface area (Å²) in [5.74, 6) is 0. The van der Waals surface area contributed by atoms with Crippen molar-refractivity contribution in [3.8, 4) is 5.69 Å². The zero-order valence-electron chi connectivity index (χ0n) is 14.0. The summed E-state index contributed by atoms with van der Waals surface area (Å²) in [4.78, 5) is 0. The number of rotatable bonds is 1. The normalized spacial score (nSPS) is 11.8. The summed E-state index contributed by atoms with van der Waals surface area (Å²) < 4.78 is 2.38. The highest BCUT2D eigenvalue weighted by Crippen LogP contribution is 2.35. The van der Waals surface area contributed by atoms with Gasteiger partial charge < -0.3 is 4.57 Å². The van der Waals surface area contributed by atoms with Gasteiger partial charge in [0, 0.05) is 27.2 Å². The van der Waals surface area contributed by atoms with Gasteiger partial charge in [-0.3, -0.25) is 0 Å². The van der Waals surface area contributed by atoms with Gasteiger partial charge in [-0.2, -0.15) is 0 Å². The Kier molecular flexibility index (Phi) is 2.82. The number of hydrogen-bond donors (Lipinski definition) is 0. The Hall–Kier alpha value is -3.10. The number of para-hydroxylation sites is 1. The Morgan fingerprint density at radius 2 is 1.27 bits per heavy atom. The maximum Gasteiger partial charge on any atom is 0.0648 e. The summed E-state index contributed by atoms with van der Waals surface area (Å²) in [7, 11) is 0. The van der Waals surface area contributed by atoms with E-state index >= 15 is 0 Å². The third kappa shape index (κ3) is 1.91. The van der Waals surface area contributed by atoms with Crippen LogP contribution in [0.2, 0.25) is 0 Å².